The van der Waals surface area contributed by atoms with E-state index in [0.717, 1.165) is 35.6 Å². The van der Waals surface area contributed by atoms with Crippen LogP contribution in [0.2, 0.25) is 0 Å². The molecule has 164 valence electrons. The topological polar surface area (TPSA) is 103 Å². The van der Waals surface area contributed by atoms with Gasteiger partial charge in [-0.15, -0.1) is 0 Å². The van der Waals surface area contributed by atoms with Gasteiger partial charge >= 0.3 is 0 Å². The molecule has 0 spiro atoms. The van der Waals surface area contributed by atoms with E-state index >= 15 is 0 Å². The third kappa shape index (κ3) is 5.34. The van der Waals surface area contributed by atoms with Crippen LogP contribution in [0, 0.1) is 6.92 Å². The molecule has 0 saturated carbocycles. The van der Waals surface area contributed by atoms with Crippen molar-refractivity contribution in [1.82, 2.24) is 19.7 Å². The van der Waals surface area contributed by atoms with E-state index in [2.05, 4.69) is 38.9 Å². The molecule has 0 aliphatic heterocycles. The molecule has 0 aliphatic carbocycles. The van der Waals surface area contributed by atoms with Gasteiger partial charge in [0.15, 0.2) is 18.9 Å². The Labute approximate surface area is 186 Å². The molecule has 0 aromatic carbocycles. The van der Waals surface area contributed by atoms with E-state index in [4.69, 9.17) is 9.90 Å². The SMILES string of the molecule is CCc1cc[n+](CCNC(=O)c2ccn3c(-c4cccnc4C)cnc3c2)cc1.O=C[O-]. The lowest BCUT2D eigenvalue weighted by Crippen LogP contribution is -2.40. The summed E-state index contributed by atoms with van der Waals surface area (Å²) in [6, 6.07) is 11.8. The average molecular weight is 431 g/mol. The molecule has 1 amide bonds. The minimum Gasteiger partial charge on any atom is -0.554 e. The number of fused-ring (bicyclic) bond motifs is 1. The summed E-state index contributed by atoms with van der Waals surface area (Å²) in [6.07, 6.45) is 10.6. The highest BCUT2D eigenvalue weighted by Gasteiger charge is 2.12. The fourth-order valence-corrected chi connectivity index (χ4v) is 3.35. The molecule has 4 heterocycles. The summed E-state index contributed by atoms with van der Waals surface area (Å²) >= 11 is 0. The van der Waals surface area contributed by atoms with Crippen molar-refractivity contribution in [1.29, 1.82) is 0 Å². The van der Waals surface area contributed by atoms with Crippen molar-refractivity contribution in [2.75, 3.05) is 6.54 Å². The number of imidazole rings is 1. The number of nitrogens with zero attached hydrogens (tertiary/aromatic N) is 4. The molecule has 8 nitrogen and oxygen atoms in total. The lowest BCUT2D eigenvalue weighted by molar-refractivity contribution is -0.694. The Balaban J connectivity index is 0.000000913. The summed E-state index contributed by atoms with van der Waals surface area (Å²) in [7, 11) is 0. The first-order chi connectivity index (χ1) is 15.6. The molecule has 0 fully saturated rings. The number of aromatic nitrogens is 4. The molecule has 4 aromatic rings. The average Bonchev–Trinajstić information content (AvgIpc) is 3.23. The molecule has 1 N–H and O–H groups in total. The number of hydrogen-bond acceptors (Lipinski definition) is 5. The van der Waals surface area contributed by atoms with Crippen LogP contribution in [0.25, 0.3) is 16.9 Å². The predicted molar refractivity (Wildman–Crippen MR) is 118 cm³/mol. The van der Waals surface area contributed by atoms with Crippen molar-refractivity contribution in [3.63, 3.8) is 0 Å². The van der Waals surface area contributed by atoms with Crippen LogP contribution in [0.1, 0.15) is 28.5 Å². The summed E-state index contributed by atoms with van der Waals surface area (Å²) in [5, 5.41) is 11.2. The third-order valence-electron chi connectivity index (χ3n) is 5.08. The number of carbonyl (C=O) groups is 2. The Bertz CT molecular complexity index is 1200. The zero-order valence-electron chi connectivity index (χ0n) is 18.1. The minimum atomic E-state index is -0.500. The van der Waals surface area contributed by atoms with Crippen molar-refractivity contribution in [2.24, 2.45) is 0 Å². The lowest BCUT2D eigenvalue weighted by Gasteiger charge is -2.07. The fraction of sp³-hybridized carbons (Fsp3) is 0.208. The number of carboxylic acid groups (broad SMARTS) is 1. The summed E-state index contributed by atoms with van der Waals surface area (Å²) in [5.41, 5.74) is 5.58. The van der Waals surface area contributed by atoms with Crippen molar-refractivity contribution in [3.8, 4) is 11.3 Å². The number of hydrogen-bond donors (Lipinski definition) is 1. The van der Waals surface area contributed by atoms with Crippen LogP contribution in [-0.4, -0.2) is 33.3 Å². The van der Waals surface area contributed by atoms with E-state index in [1.807, 2.05) is 60.4 Å². The van der Waals surface area contributed by atoms with Crippen LogP contribution >= 0.6 is 0 Å². The Morgan fingerprint density at radius 2 is 1.97 bits per heavy atom. The standard InChI is InChI=1S/C23H23N5O.CH2O2/c1-3-18-6-11-27(12-7-18)14-10-25-23(29)19-8-13-28-21(16-26-22(28)15-19)20-5-4-9-24-17(20)2;2-1-3/h4-9,11-13,15-16H,3,10,14H2,1-2H3;1H,(H,2,3). The van der Waals surface area contributed by atoms with Crippen LogP contribution in [0.3, 0.4) is 0 Å². The van der Waals surface area contributed by atoms with Gasteiger partial charge in [0.05, 0.1) is 18.4 Å². The van der Waals surface area contributed by atoms with Crippen LogP contribution < -0.4 is 15.0 Å². The van der Waals surface area contributed by atoms with Gasteiger partial charge in [0.1, 0.15) is 5.65 Å². The highest BCUT2D eigenvalue weighted by atomic mass is 16.3. The zero-order chi connectivity index (χ0) is 22.9. The van der Waals surface area contributed by atoms with E-state index in [1.54, 1.807) is 6.20 Å². The third-order valence-corrected chi connectivity index (χ3v) is 5.08. The maximum atomic E-state index is 12.5. The van der Waals surface area contributed by atoms with Gasteiger partial charge in [-0.1, -0.05) is 6.92 Å². The van der Waals surface area contributed by atoms with Gasteiger partial charge in [0, 0.05) is 47.8 Å². The maximum absolute atomic E-state index is 12.5. The Morgan fingerprint density at radius 3 is 2.66 bits per heavy atom. The first kappa shape index (κ1) is 22.6. The fourth-order valence-electron chi connectivity index (χ4n) is 3.35. The van der Waals surface area contributed by atoms with Crippen LogP contribution in [0.5, 0.6) is 0 Å². The van der Waals surface area contributed by atoms with E-state index in [1.165, 1.54) is 5.56 Å². The van der Waals surface area contributed by atoms with Crippen molar-refractivity contribution in [2.45, 2.75) is 26.8 Å². The Morgan fingerprint density at radius 1 is 1.22 bits per heavy atom. The second kappa shape index (κ2) is 10.8. The lowest BCUT2D eigenvalue weighted by atomic mass is 10.1. The number of amides is 1. The Kier molecular flexibility index (Phi) is 7.64. The summed E-state index contributed by atoms with van der Waals surface area (Å²) in [5.74, 6) is -0.0969. The van der Waals surface area contributed by atoms with E-state index in [9.17, 15) is 4.79 Å². The van der Waals surface area contributed by atoms with Gasteiger partial charge in [0.2, 0.25) is 0 Å². The normalized spacial score (nSPS) is 10.3. The van der Waals surface area contributed by atoms with Gasteiger partial charge < -0.3 is 15.2 Å². The number of nitrogens with one attached hydrogen (secondary N) is 1. The second-order valence-electron chi connectivity index (χ2n) is 7.07. The molecule has 8 heteroatoms. The number of carbonyl (C=O) groups excluding carboxylic acids is 2. The summed E-state index contributed by atoms with van der Waals surface area (Å²) < 4.78 is 4.05. The van der Waals surface area contributed by atoms with Crippen LogP contribution in [-0.2, 0) is 17.8 Å². The molecule has 0 bridgehead atoms. The van der Waals surface area contributed by atoms with Crippen LogP contribution in [0.4, 0.5) is 0 Å². The van der Waals surface area contributed by atoms with Gasteiger partial charge in [0.25, 0.3) is 5.91 Å². The molecule has 4 aromatic heterocycles. The van der Waals surface area contributed by atoms with Crippen molar-refractivity contribution >= 4 is 18.0 Å². The quantitative estimate of drug-likeness (QED) is 0.367. The molecular formula is C24H25N5O3. The molecule has 0 atom stereocenters. The second-order valence-corrected chi connectivity index (χ2v) is 7.07. The summed E-state index contributed by atoms with van der Waals surface area (Å²) in [6.45, 7) is 4.91. The van der Waals surface area contributed by atoms with Crippen molar-refractivity contribution < 1.29 is 19.3 Å². The smallest absolute Gasteiger partial charge is 0.251 e. The predicted octanol–water partition coefficient (Wildman–Crippen LogP) is 1.35. The van der Waals surface area contributed by atoms with Gasteiger partial charge in [-0.2, -0.15) is 0 Å². The maximum Gasteiger partial charge on any atom is 0.251 e. The first-order valence-electron chi connectivity index (χ1n) is 10.3. The number of aryl methyl sites for hydroxylation is 2. The molecular weight excluding hydrogens is 406 g/mol. The Hall–Kier alpha value is -4.07. The van der Waals surface area contributed by atoms with E-state index < -0.39 is 6.47 Å². The zero-order valence-corrected chi connectivity index (χ0v) is 18.1. The molecule has 0 radical (unpaired) electrons. The minimum absolute atomic E-state index is 0.0969. The van der Waals surface area contributed by atoms with Gasteiger partial charge in [-0.25, -0.2) is 9.55 Å². The van der Waals surface area contributed by atoms with Gasteiger partial charge in [-0.3, -0.25) is 14.2 Å². The highest BCUT2D eigenvalue weighted by molar-refractivity contribution is 5.95. The molecule has 4 rings (SSSR count). The largest absolute Gasteiger partial charge is 0.554 e. The molecule has 32 heavy (non-hydrogen) atoms. The van der Waals surface area contributed by atoms with Gasteiger partial charge in [-0.05, 0) is 43.2 Å². The molecule has 0 unspecified atom stereocenters. The van der Waals surface area contributed by atoms with Crippen LogP contribution in [0.15, 0.2) is 67.4 Å². The number of pyridine rings is 3. The first-order valence-corrected chi connectivity index (χ1v) is 10.3. The van der Waals surface area contributed by atoms with Crippen molar-refractivity contribution in [3.05, 3.63) is 84.2 Å². The molecule has 0 saturated heterocycles. The highest BCUT2D eigenvalue weighted by Crippen LogP contribution is 2.23. The molecule has 0 aliphatic rings. The van der Waals surface area contributed by atoms with E-state index in [-0.39, 0.29) is 5.91 Å². The summed E-state index contributed by atoms with van der Waals surface area (Å²) in [4.78, 5) is 29.6. The number of rotatable bonds is 6. The monoisotopic (exact) mass is 431 g/mol. The van der Waals surface area contributed by atoms with E-state index in [0.29, 0.717) is 12.1 Å².